The maximum absolute atomic E-state index is 12.5. The molecule has 0 spiro atoms. The first kappa shape index (κ1) is 16.0. The van der Waals surface area contributed by atoms with E-state index >= 15 is 0 Å². The maximum atomic E-state index is 12.5. The predicted octanol–water partition coefficient (Wildman–Crippen LogP) is 1.98. The monoisotopic (exact) mass is 324 g/mol. The minimum Gasteiger partial charge on any atom is -0.323 e. The maximum Gasteiger partial charge on any atom is 0.323 e. The highest BCUT2D eigenvalue weighted by Gasteiger charge is 2.18. The lowest BCUT2D eigenvalue weighted by molar-refractivity contribution is -0.117. The summed E-state index contributed by atoms with van der Waals surface area (Å²) >= 11 is 0. The molecule has 0 radical (unpaired) electrons. The van der Waals surface area contributed by atoms with E-state index < -0.39 is 6.04 Å². The van der Waals surface area contributed by atoms with Crippen LogP contribution in [-0.4, -0.2) is 21.9 Å². The van der Waals surface area contributed by atoms with E-state index in [1.165, 1.54) is 0 Å². The average molecular weight is 324 g/mol. The quantitative estimate of drug-likeness (QED) is 0.590. The first-order valence-electron chi connectivity index (χ1n) is 7.78. The van der Waals surface area contributed by atoms with Crippen molar-refractivity contribution in [3.05, 3.63) is 63.6 Å². The van der Waals surface area contributed by atoms with E-state index in [0.29, 0.717) is 23.1 Å². The number of aromatic nitrogens is 2. The molecule has 6 nitrogen and oxygen atoms in total. The summed E-state index contributed by atoms with van der Waals surface area (Å²) in [6, 6.07) is 10.8. The zero-order valence-corrected chi connectivity index (χ0v) is 13.6. The molecule has 1 aromatic heterocycles. The Bertz CT molecular complexity index is 941. The van der Waals surface area contributed by atoms with Crippen LogP contribution in [0.25, 0.3) is 11.0 Å². The number of hydrogen-bond acceptors (Lipinski definition) is 3. The number of fused-ring (bicyclic) bond motifs is 1. The zero-order valence-electron chi connectivity index (χ0n) is 13.6. The second kappa shape index (κ2) is 6.33. The summed E-state index contributed by atoms with van der Waals surface area (Å²) in [5, 5.41) is 2.87. The topological polar surface area (TPSA) is 104 Å². The molecule has 0 aliphatic carbocycles. The molecule has 3 aromatic rings. The number of amides is 1. The second-order valence-electron chi connectivity index (χ2n) is 5.98. The molecule has 24 heavy (non-hydrogen) atoms. The van der Waals surface area contributed by atoms with Crippen LogP contribution in [0.5, 0.6) is 0 Å². The normalized spacial score (nSPS) is 12.3. The number of aryl methyl sites for hydroxylation is 1. The van der Waals surface area contributed by atoms with Crippen LogP contribution in [0.2, 0.25) is 0 Å². The summed E-state index contributed by atoms with van der Waals surface area (Å²) in [7, 11) is 0. The Morgan fingerprint density at radius 3 is 2.62 bits per heavy atom. The number of rotatable bonds is 4. The van der Waals surface area contributed by atoms with Crippen molar-refractivity contribution in [3.8, 4) is 0 Å². The number of imidazole rings is 1. The molecule has 0 aliphatic heterocycles. The van der Waals surface area contributed by atoms with Gasteiger partial charge in [-0.05, 0) is 43.0 Å². The lowest BCUT2D eigenvalue weighted by Gasteiger charge is -2.15. The Balaban J connectivity index is 1.87. The van der Waals surface area contributed by atoms with E-state index in [2.05, 4.69) is 15.3 Å². The largest absolute Gasteiger partial charge is 0.323 e. The van der Waals surface area contributed by atoms with Gasteiger partial charge in [-0.2, -0.15) is 0 Å². The Hall–Kier alpha value is -2.86. The lowest BCUT2D eigenvalue weighted by Crippen LogP contribution is -2.37. The fraction of sp³-hybridized carbons (Fsp3) is 0.222. The van der Waals surface area contributed by atoms with E-state index in [0.717, 1.165) is 16.7 Å². The minimum atomic E-state index is -0.673. The highest BCUT2D eigenvalue weighted by atomic mass is 16.2. The lowest BCUT2D eigenvalue weighted by atomic mass is 10.0. The van der Waals surface area contributed by atoms with Crippen LogP contribution in [0.4, 0.5) is 5.69 Å². The third-order valence-electron chi connectivity index (χ3n) is 4.22. The number of hydrogen-bond donors (Lipinski definition) is 4. The summed E-state index contributed by atoms with van der Waals surface area (Å²) in [6.07, 6.45) is 0.449. The number of carbonyl (C=O) groups excluding carboxylic acids is 1. The molecule has 1 atom stereocenters. The molecule has 2 aromatic carbocycles. The smallest absolute Gasteiger partial charge is 0.323 e. The Labute approximate surface area is 139 Å². The molecule has 6 heteroatoms. The average Bonchev–Trinajstić information content (AvgIpc) is 2.92. The highest BCUT2D eigenvalue weighted by molar-refractivity contribution is 6.03. The molecule has 124 valence electrons. The van der Waals surface area contributed by atoms with Crippen molar-refractivity contribution in [2.24, 2.45) is 5.73 Å². The fourth-order valence-electron chi connectivity index (χ4n) is 2.74. The van der Waals surface area contributed by atoms with Crippen LogP contribution >= 0.6 is 0 Å². The van der Waals surface area contributed by atoms with Crippen molar-refractivity contribution in [1.82, 2.24) is 9.97 Å². The molecular formula is C18H20N4O2. The number of anilines is 1. The number of nitrogens with two attached hydrogens (primary N) is 1. The van der Waals surface area contributed by atoms with Gasteiger partial charge in [0.2, 0.25) is 5.91 Å². The van der Waals surface area contributed by atoms with Crippen LogP contribution in [0.3, 0.4) is 0 Å². The number of H-pyrrole nitrogens is 2. The SMILES string of the molecule is Cc1cc2[nH]c(=O)[nH]c2c(NC(=O)C(N)Cc2ccccc2)c1C. The third kappa shape index (κ3) is 3.09. The number of carbonyl (C=O) groups is 1. The fourth-order valence-corrected chi connectivity index (χ4v) is 2.74. The van der Waals surface area contributed by atoms with Crippen LogP contribution in [0.1, 0.15) is 16.7 Å². The molecule has 0 saturated carbocycles. The zero-order chi connectivity index (χ0) is 17.3. The van der Waals surface area contributed by atoms with Gasteiger partial charge in [-0.1, -0.05) is 30.3 Å². The highest BCUT2D eigenvalue weighted by Crippen LogP contribution is 2.27. The van der Waals surface area contributed by atoms with Crippen molar-refractivity contribution in [2.45, 2.75) is 26.3 Å². The number of nitrogens with one attached hydrogen (secondary N) is 3. The van der Waals surface area contributed by atoms with Crippen molar-refractivity contribution in [3.63, 3.8) is 0 Å². The van der Waals surface area contributed by atoms with Gasteiger partial charge in [0.05, 0.1) is 22.8 Å². The van der Waals surface area contributed by atoms with Gasteiger partial charge >= 0.3 is 5.69 Å². The van der Waals surface area contributed by atoms with Gasteiger partial charge in [0.1, 0.15) is 0 Å². The summed E-state index contributed by atoms with van der Waals surface area (Å²) in [5.41, 5.74) is 10.5. The summed E-state index contributed by atoms with van der Waals surface area (Å²) < 4.78 is 0. The molecule has 3 rings (SSSR count). The first-order chi connectivity index (χ1) is 11.5. The number of benzene rings is 2. The van der Waals surface area contributed by atoms with Crippen molar-refractivity contribution in [2.75, 3.05) is 5.32 Å². The third-order valence-corrected chi connectivity index (χ3v) is 4.22. The van der Waals surface area contributed by atoms with Gasteiger partial charge in [0.25, 0.3) is 0 Å². The van der Waals surface area contributed by atoms with Crippen molar-refractivity contribution < 1.29 is 4.79 Å². The molecule has 0 bridgehead atoms. The predicted molar refractivity (Wildman–Crippen MR) is 95.1 cm³/mol. The molecule has 5 N–H and O–H groups in total. The molecule has 0 fully saturated rings. The second-order valence-corrected chi connectivity index (χ2v) is 5.98. The van der Waals surface area contributed by atoms with E-state index in [4.69, 9.17) is 5.73 Å². The summed E-state index contributed by atoms with van der Waals surface area (Å²) in [6.45, 7) is 3.83. The molecule has 1 heterocycles. The van der Waals surface area contributed by atoms with Gasteiger partial charge in [-0.15, -0.1) is 0 Å². The van der Waals surface area contributed by atoms with Gasteiger partial charge < -0.3 is 21.0 Å². The van der Waals surface area contributed by atoms with Gasteiger partial charge in [-0.25, -0.2) is 4.79 Å². The Morgan fingerprint density at radius 1 is 1.21 bits per heavy atom. The van der Waals surface area contributed by atoms with Crippen LogP contribution in [0, 0.1) is 13.8 Å². The van der Waals surface area contributed by atoms with Crippen LogP contribution in [0.15, 0.2) is 41.2 Å². The van der Waals surface area contributed by atoms with Gasteiger partial charge in [-0.3, -0.25) is 4.79 Å². The van der Waals surface area contributed by atoms with E-state index in [1.54, 1.807) is 0 Å². The Morgan fingerprint density at radius 2 is 1.92 bits per heavy atom. The van der Waals surface area contributed by atoms with E-state index in [-0.39, 0.29) is 11.6 Å². The van der Waals surface area contributed by atoms with E-state index in [9.17, 15) is 9.59 Å². The van der Waals surface area contributed by atoms with Crippen molar-refractivity contribution >= 4 is 22.6 Å². The molecule has 0 saturated heterocycles. The summed E-state index contributed by atoms with van der Waals surface area (Å²) in [4.78, 5) is 29.5. The molecule has 1 amide bonds. The van der Waals surface area contributed by atoms with E-state index in [1.807, 2.05) is 50.2 Å². The number of aromatic amines is 2. The molecule has 1 unspecified atom stereocenters. The van der Waals surface area contributed by atoms with Crippen LogP contribution < -0.4 is 16.7 Å². The standard InChI is InChI=1S/C18H20N4O2/c1-10-8-14-16(22-18(24)20-14)15(11(10)2)21-17(23)13(19)9-12-6-4-3-5-7-12/h3-8,13H,9,19H2,1-2H3,(H,21,23)(H2,20,22,24). The van der Waals surface area contributed by atoms with Crippen LogP contribution in [-0.2, 0) is 11.2 Å². The van der Waals surface area contributed by atoms with Gasteiger partial charge in [0.15, 0.2) is 0 Å². The Kier molecular flexibility index (Phi) is 4.22. The molecular weight excluding hydrogens is 304 g/mol. The summed E-state index contributed by atoms with van der Waals surface area (Å²) in [5.74, 6) is -0.282. The van der Waals surface area contributed by atoms with Crippen molar-refractivity contribution in [1.29, 1.82) is 0 Å². The first-order valence-corrected chi connectivity index (χ1v) is 7.78. The minimum absolute atomic E-state index is 0.282. The molecule has 0 aliphatic rings. The van der Waals surface area contributed by atoms with Gasteiger partial charge in [0, 0.05) is 0 Å².